The number of benzene rings is 2. The van der Waals surface area contributed by atoms with Gasteiger partial charge in [0.25, 0.3) is 0 Å². The summed E-state index contributed by atoms with van der Waals surface area (Å²) in [5.74, 6) is 0.707. The molecule has 0 aliphatic carbocycles. The fraction of sp³-hybridized carbons (Fsp3) is 0.190. The smallest absolute Gasteiger partial charge is 0.234 e. The molecule has 1 amide bonds. The van der Waals surface area contributed by atoms with Crippen molar-refractivity contribution >= 4 is 39.3 Å². The number of hydrogen-bond acceptors (Lipinski definition) is 4. The summed E-state index contributed by atoms with van der Waals surface area (Å²) < 4.78 is 1.02. The van der Waals surface area contributed by atoms with E-state index in [1.54, 1.807) is 0 Å². The molecule has 0 atom stereocenters. The lowest BCUT2D eigenvalue weighted by atomic mass is 10.0. The fourth-order valence-corrected chi connectivity index (χ4v) is 3.34. The number of carbonyl (C=O) groups is 1. The molecular weight excluding hydrogens is 422 g/mol. The molecule has 2 aromatic carbocycles. The number of anilines is 1. The number of nitrogens with zero attached hydrogens (tertiary/aromatic N) is 2. The molecule has 1 N–H and O–H groups in total. The third-order valence-corrected chi connectivity index (χ3v) is 5.44. The van der Waals surface area contributed by atoms with Crippen molar-refractivity contribution in [2.75, 3.05) is 11.1 Å². The minimum Gasteiger partial charge on any atom is -0.325 e. The van der Waals surface area contributed by atoms with Gasteiger partial charge in [-0.15, -0.1) is 10.2 Å². The van der Waals surface area contributed by atoms with Crippen LogP contribution in [-0.4, -0.2) is 21.9 Å². The lowest BCUT2D eigenvalue weighted by molar-refractivity contribution is -0.113. The van der Waals surface area contributed by atoms with Gasteiger partial charge in [-0.1, -0.05) is 65.8 Å². The predicted octanol–water partition coefficient (Wildman–Crippen LogP) is 5.76. The highest BCUT2D eigenvalue weighted by molar-refractivity contribution is 9.10. The fourth-order valence-electron chi connectivity index (χ4n) is 2.46. The third-order valence-electron chi connectivity index (χ3n) is 3.99. The molecule has 0 spiro atoms. The first-order valence-electron chi connectivity index (χ1n) is 8.63. The van der Waals surface area contributed by atoms with E-state index >= 15 is 0 Å². The second-order valence-electron chi connectivity index (χ2n) is 6.38. The van der Waals surface area contributed by atoms with Crippen LogP contribution in [0, 0.1) is 0 Å². The van der Waals surface area contributed by atoms with Gasteiger partial charge in [0.15, 0.2) is 0 Å². The Morgan fingerprint density at radius 2 is 1.70 bits per heavy atom. The molecule has 3 rings (SSSR count). The summed E-state index contributed by atoms with van der Waals surface area (Å²) in [4.78, 5) is 12.1. The van der Waals surface area contributed by atoms with Crippen LogP contribution in [0.2, 0.25) is 0 Å². The Hall–Kier alpha value is -2.18. The minimum absolute atomic E-state index is 0.0592. The zero-order valence-electron chi connectivity index (χ0n) is 15.1. The lowest BCUT2D eigenvalue weighted by Crippen LogP contribution is -2.14. The normalized spacial score (nSPS) is 10.8. The van der Waals surface area contributed by atoms with E-state index in [0.29, 0.717) is 5.92 Å². The highest BCUT2D eigenvalue weighted by Crippen LogP contribution is 2.22. The van der Waals surface area contributed by atoms with Gasteiger partial charge in [-0.3, -0.25) is 4.79 Å². The highest BCUT2D eigenvalue weighted by atomic mass is 79.9. The second-order valence-corrected chi connectivity index (χ2v) is 8.29. The van der Waals surface area contributed by atoms with Crippen LogP contribution >= 0.6 is 27.7 Å². The van der Waals surface area contributed by atoms with Gasteiger partial charge < -0.3 is 5.32 Å². The number of aromatic nitrogens is 2. The van der Waals surface area contributed by atoms with Crippen molar-refractivity contribution in [2.24, 2.45) is 0 Å². The molecule has 0 fully saturated rings. The van der Waals surface area contributed by atoms with Crippen molar-refractivity contribution in [3.05, 3.63) is 70.7 Å². The van der Waals surface area contributed by atoms with Crippen molar-refractivity contribution in [3.63, 3.8) is 0 Å². The van der Waals surface area contributed by atoms with Crippen LogP contribution in [0.4, 0.5) is 5.69 Å². The van der Waals surface area contributed by atoms with Crippen molar-refractivity contribution in [1.29, 1.82) is 0 Å². The van der Waals surface area contributed by atoms with Crippen LogP contribution in [0.1, 0.15) is 25.3 Å². The van der Waals surface area contributed by atoms with Gasteiger partial charge in [-0.25, -0.2) is 0 Å². The van der Waals surface area contributed by atoms with E-state index in [9.17, 15) is 4.79 Å². The zero-order valence-corrected chi connectivity index (χ0v) is 17.5. The summed E-state index contributed by atoms with van der Waals surface area (Å²) in [7, 11) is 0. The monoisotopic (exact) mass is 441 g/mol. The Balaban J connectivity index is 1.53. The van der Waals surface area contributed by atoms with E-state index < -0.39 is 0 Å². The Kier molecular flexibility index (Phi) is 6.63. The largest absolute Gasteiger partial charge is 0.325 e. The maximum Gasteiger partial charge on any atom is 0.234 e. The maximum atomic E-state index is 12.1. The average Bonchev–Trinajstić information content (AvgIpc) is 2.68. The van der Waals surface area contributed by atoms with E-state index in [1.807, 2.05) is 60.7 Å². The molecule has 0 saturated carbocycles. The number of hydrogen-bond donors (Lipinski definition) is 1. The van der Waals surface area contributed by atoms with Gasteiger partial charge in [0.1, 0.15) is 5.03 Å². The lowest BCUT2D eigenvalue weighted by Gasteiger charge is -2.08. The molecule has 4 nitrogen and oxygen atoms in total. The average molecular weight is 442 g/mol. The first-order chi connectivity index (χ1) is 13.0. The molecule has 0 radical (unpaired) electrons. The first-order valence-corrected chi connectivity index (χ1v) is 10.4. The molecule has 0 aliphatic heterocycles. The Morgan fingerprint density at radius 3 is 2.30 bits per heavy atom. The standard InChI is InChI=1S/C21H20BrN3OS/c1-14(2)15-5-9-18(10-6-15)23-20(26)13-27-21-12-11-19(24-25-21)16-3-7-17(22)8-4-16/h3-12,14H,13H2,1-2H3,(H,23,26). The van der Waals surface area contributed by atoms with E-state index in [4.69, 9.17) is 0 Å². The Morgan fingerprint density at radius 1 is 1.00 bits per heavy atom. The maximum absolute atomic E-state index is 12.1. The van der Waals surface area contributed by atoms with Crippen molar-refractivity contribution in [2.45, 2.75) is 24.8 Å². The van der Waals surface area contributed by atoms with Gasteiger partial charge in [0.2, 0.25) is 5.91 Å². The predicted molar refractivity (Wildman–Crippen MR) is 115 cm³/mol. The Labute approximate surface area is 171 Å². The van der Waals surface area contributed by atoms with Gasteiger partial charge >= 0.3 is 0 Å². The Bertz CT molecular complexity index is 894. The van der Waals surface area contributed by atoms with Gasteiger partial charge in [0, 0.05) is 15.7 Å². The molecule has 1 heterocycles. The minimum atomic E-state index is -0.0592. The molecule has 138 valence electrons. The van der Waals surface area contributed by atoms with Crippen molar-refractivity contribution < 1.29 is 4.79 Å². The van der Waals surface area contributed by atoms with Crippen LogP contribution in [0.5, 0.6) is 0 Å². The summed E-state index contributed by atoms with van der Waals surface area (Å²) in [6.07, 6.45) is 0. The van der Waals surface area contributed by atoms with Gasteiger partial charge in [-0.05, 0) is 47.9 Å². The highest BCUT2D eigenvalue weighted by Gasteiger charge is 2.07. The summed E-state index contributed by atoms with van der Waals surface area (Å²) >= 11 is 4.79. The van der Waals surface area contributed by atoms with E-state index in [-0.39, 0.29) is 11.7 Å². The van der Waals surface area contributed by atoms with Gasteiger partial charge in [0.05, 0.1) is 11.4 Å². The quantitative estimate of drug-likeness (QED) is 0.493. The molecule has 6 heteroatoms. The second kappa shape index (κ2) is 9.15. The van der Waals surface area contributed by atoms with Crippen LogP contribution < -0.4 is 5.32 Å². The molecule has 0 bridgehead atoms. The summed E-state index contributed by atoms with van der Waals surface area (Å²) in [6.45, 7) is 4.29. The summed E-state index contributed by atoms with van der Waals surface area (Å²) in [5.41, 5.74) is 3.87. The molecule has 27 heavy (non-hydrogen) atoms. The topological polar surface area (TPSA) is 54.9 Å². The first kappa shape index (κ1) is 19.6. The van der Waals surface area contributed by atoms with Crippen molar-refractivity contribution in [3.8, 4) is 11.3 Å². The van der Waals surface area contributed by atoms with Gasteiger partial charge in [-0.2, -0.15) is 0 Å². The molecule has 3 aromatic rings. The third kappa shape index (κ3) is 5.65. The van der Waals surface area contributed by atoms with E-state index in [0.717, 1.165) is 26.4 Å². The summed E-state index contributed by atoms with van der Waals surface area (Å²) in [5, 5.41) is 12.1. The molecule has 1 aromatic heterocycles. The molecule has 0 aliphatic rings. The molecule has 0 unspecified atom stereocenters. The van der Waals surface area contributed by atoms with Crippen molar-refractivity contribution in [1.82, 2.24) is 10.2 Å². The molecule has 0 saturated heterocycles. The van der Waals surface area contributed by atoms with E-state index in [1.165, 1.54) is 17.3 Å². The number of nitrogens with one attached hydrogen (secondary N) is 1. The number of rotatable bonds is 6. The summed E-state index contributed by atoms with van der Waals surface area (Å²) in [6, 6.07) is 19.7. The van der Waals surface area contributed by atoms with Crippen LogP contribution in [0.15, 0.2) is 70.2 Å². The van der Waals surface area contributed by atoms with E-state index in [2.05, 4.69) is 45.3 Å². The zero-order chi connectivity index (χ0) is 19.2. The molecular formula is C21H20BrN3OS. The number of amides is 1. The number of halogens is 1. The van der Waals surface area contributed by atoms with Crippen LogP contribution in [-0.2, 0) is 4.79 Å². The van der Waals surface area contributed by atoms with Crippen LogP contribution in [0.3, 0.4) is 0 Å². The number of carbonyl (C=O) groups excluding carboxylic acids is 1. The van der Waals surface area contributed by atoms with Crippen LogP contribution in [0.25, 0.3) is 11.3 Å². The number of thioether (sulfide) groups is 1. The SMILES string of the molecule is CC(C)c1ccc(NC(=O)CSc2ccc(-c3ccc(Br)cc3)nn2)cc1.